The Balaban J connectivity index is 1.43. The minimum atomic E-state index is -0.202. The largest absolute Gasteiger partial charge is 0.336 e. The van der Waals surface area contributed by atoms with Gasteiger partial charge in [0.05, 0.1) is 11.3 Å². The molecule has 5 nitrogen and oxygen atoms in total. The van der Waals surface area contributed by atoms with Crippen LogP contribution in [0.3, 0.4) is 0 Å². The summed E-state index contributed by atoms with van der Waals surface area (Å²) in [5, 5.41) is 2.90. The molecule has 2 fully saturated rings. The van der Waals surface area contributed by atoms with E-state index in [0.717, 1.165) is 26.2 Å². The number of hydrogen-bond donors (Lipinski definition) is 1. The van der Waals surface area contributed by atoms with Gasteiger partial charge in [0.25, 0.3) is 11.8 Å². The Hall–Kier alpha value is -2.66. The number of carbonyl (C=O) groups is 2. The van der Waals surface area contributed by atoms with Crippen LogP contribution < -0.4 is 5.32 Å². The number of carbonyl (C=O) groups excluding carboxylic acids is 2. The van der Waals surface area contributed by atoms with Crippen LogP contribution in [-0.2, 0) is 0 Å². The number of anilines is 1. The number of nitrogens with one attached hydrogen (secondary N) is 1. The molecule has 0 spiro atoms. The fourth-order valence-corrected chi connectivity index (χ4v) is 4.29. The van der Waals surface area contributed by atoms with Gasteiger partial charge < -0.3 is 10.2 Å². The van der Waals surface area contributed by atoms with Crippen LogP contribution in [-0.4, -0.2) is 53.8 Å². The normalized spacial score (nSPS) is 18.2. The minimum absolute atomic E-state index is 0.00460. The lowest BCUT2D eigenvalue weighted by Gasteiger charge is -2.38. The number of piperazine rings is 1. The fourth-order valence-electron chi connectivity index (χ4n) is 4.29. The molecule has 1 saturated carbocycles. The van der Waals surface area contributed by atoms with Crippen molar-refractivity contribution in [1.82, 2.24) is 9.80 Å². The predicted octanol–water partition coefficient (Wildman–Crippen LogP) is 3.64. The standard InChI is InChI=1S/C23H27N3O2/c27-22(18-8-2-1-3-9-18)24-21-13-7-6-12-20(21)23(28)26-16-14-25(15-17-26)19-10-4-5-11-19/h1-3,6-9,12-13,19H,4-5,10-11,14-17H2,(H,24,27). The Bertz CT molecular complexity index is 823. The van der Waals surface area contributed by atoms with Crippen LogP contribution in [0.2, 0.25) is 0 Å². The molecule has 2 aliphatic rings. The van der Waals surface area contributed by atoms with E-state index in [9.17, 15) is 9.59 Å². The lowest BCUT2D eigenvalue weighted by atomic mass is 10.1. The van der Waals surface area contributed by atoms with E-state index in [4.69, 9.17) is 0 Å². The van der Waals surface area contributed by atoms with Gasteiger partial charge in [-0.05, 0) is 37.1 Å². The molecule has 1 N–H and O–H groups in total. The maximum absolute atomic E-state index is 13.1. The van der Waals surface area contributed by atoms with Crippen LogP contribution in [0.4, 0.5) is 5.69 Å². The van der Waals surface area contributed by atoms with Crippen molar-refractivity contribution in [2.45, 2.75) is 31.7 Å². The average molecular weight is 377 g/mol. The summed E-state index contributed by atoms with van der Waals surface area (Å²) in [5.41, 5.74) is 1.70. The third-order valence-corrected chi connectivity index (χ3v) is 5.88. The molecule has 146 valence electrons. The molecule has 0 bridgehead atoms. The van der Waals surface area contributed by atoms with Crippen molar-refractivity contribution in [2.24, 2.45) is 0 Å². The molecule has 1 heterocycles. The summed E-state index contributed by atoms with van der Waals surface area (Å²) >= 11 is 0. The smallest absolute Gasteiger partial charge is 0.256 e. The van der Waals surface area contributed by atoms with Crippen molar-refractivity contribution in [2.75, 3.05) is 31.5 Å². The predicted molar refractivity (Wildman–Crippen MR) is 111 cm³/mol. The first-order valence-electron chi connectivity index (χ1n) is 10.2. The van der Waals surface area contributed by atoms with Gasteiger partial charge in [-0.3, -0.25) is 14.5 Å². The number of hydrogen-bond acceptors (Lipinski definition) is 3. The summed E-state index contributed by atoms with van der Waals surface area (Å²) < 4.78 is 0. The van der Waals surface area contributed by atoms with Gasteiger partial charge in [-0.15, -0.1) is 0 Å². The first kappa shape index (κ1) is 18.7. The molecule has 0 atom stereocenters. The number of para-hydroxylation sites is 1. The molecule has 5 heteroatoms. The highest BCUT2D eigenvalue weighted by Gasteiger charge is 2.29. The van der Waals surface area contributed by atoms with E-state index in [1.807, 2.05) is 35.2 Å². The molecular formula is C23H27N3O2. The highest BCUT2D eigenvalue weighted by atomic mass is 16.2. The SMILES string of the molecule is O=C(Nc1ccccc1C(=O)N1CCN(C2CCCC2)CC1)c1ccccc1. The minimum Gasteiger partial charge on any atom is -0.336 e. The number of nitrogens with zero attached hydrogens (tertiary/aromatic N) is 2. The third-order valence-electron chi connectivity index (χ3n) is 5.88. The van der Waals surface area contributed by atoms with Crippen molar-refractivity contribution in [3.05, 3.63) is 65.7 Å². The quantitative estimate of drug-likeness (QED) is 0.885. The number of rotatable bonds is 4. The van der Waals surface area contributed by atoms with Crippen LogP contribution in [0.5, 0.6) is 0 Å². The van der Waals surface area contributed by atoms with Gasteiger partial charge >= 0.3 is 0 Å². The first-order chi connectivity index (χ1) is 13.7. The summed E-state index contributed by atoms with van der Waals surface area (Å²) in [6, 6.07) is 17.1. The Labute approximate surface area is 166 Å². The van der Waals surface area contributed by atoms with Gasteiger partial charge in [0.1, 0.15) is 0 Å². The summed E-state index contributed by atoms with van der Waals surface area (Å²) in [4.78, 5) is 30.1. The van der Waals surface area contributed by atoms with Gasteiger partial charge in [0.15, 0.2) is 0 Å². The highest BCUT2D eigenvalue weighted by Crippen LogP contribution is 2.25. The van der Waals surface area contributed by atoms with Gasteiger partial charge in [0, 0.05) is 37.8 Å². The third kappa shape index (κ3) is 4.09. The molecule has 28 heavy (non-hydrogen) atoms. The lowest BCUT2D eigenvalue weighted by molar-refractivity contribution is 0.0574. The van der Waals surface area contributed by atoms with Crippen LogP contribution in [0.15, 0.2) is 54.6 Å². The van der Waals surface area contributed by atoms with Crippen LogP contribution in [0, 0.1) is 0 Å². The maximum Gasteiger partial charge on any atom is 0.256 e. The molecule has 1 aliphatic carbocycles. The monoisotopic (exact) mass is 377 g/mol. The summed E-state index contributed by atoms with van der Waals surface area (Å²) in [5.74, 6) is -0.207. The topological polar surface area (TPSA) is 52.7 Å². The Morgan fingerprint density at radius 2 is 1.46 bits per heavy atom. The van der Waals surface area contributed by atoms with Crippen LogP contribution in [0.1, 0.15) is 46.4 Å². The van der Waals surface area contributed by atoms with E-state index in [1.54, 1.807) is 24.3 Å². The molecule has 1 aliphatic heterocycles. The second-order valence-electron chi connectivity index (χ2n) is 7.63. The number of benzene rings is 2. The maximum atomic E-state index is 13.1. The van der Waals surface area contributed by atoms with Crippen molar-refractivity contribution in [1.29, 1.82) is 0 Å². The molecule has 1 saturated heterocycles. The van der Waals surface area contributed by atoms with E-state index >= 15 is 0 Å². The van der Waals surface area contributed by atoms with Gasteiger partial charge in [0.2, 0.25) is 0 Å². The second kappa shape index (κ2) is 8.57. The summed E-state index contributed by atoms with van der Waals surface area (Å²) in [6.45, 7) is 3.37. The van der Waals surface area contributed by atoms with E-state index < -0.39 is 0 Å². The van der Waals surface area contributed by atoms with Crippen molar-refractivity contribution >= 4 is 17.5 Å². The zero-order valence-corrected chi connectivity index (χ0v) is 16.1. The van der Waals surface area contributed by atoms with Crippen molar-refractivity contribution < 1.29 is 9.59 Å². The van der Waals surface area contributed by atoms with Crippen molar-refractivity contribution in [3.8, 4) is 0 Å². The Morgan fingerprint density at radius 3 is 2.18 bits per heavy atom. The fraction of sp³-hybridized carbons (Fsp3) is 0.391. The van der Waals surface area contributed by atoms with E-state index in [0.29, 0.717) is 22.9 Å². The molecule has 4 rings (SSSR count). The molecule has 0 unspecified atom stereocenters. The van der Waals surface area contributed by atoms with E-state index in [2.05, 4.69) is 10.2 Å². The summed E-state index contributed by atoms with van der Waals surface area (Å²) in [6.07, 6.45) is 5.25. The first-order valence-corrected chi connectivity index (χ1v) is 10.2. The van der Waals surface area contributed by atoms with Gasteiger partial charge in [-0.2, -0.15) is 0 Å². The van der Waals surface area contributed by atoms with Crippen LogP contribution in [0.25, 0.3) is 0 Å². The van der Waals surface area contributed by atoms with Crippen molar-refractivity contribution in [3.63, 3.8) is 0 Å². The highest BCUT2D eigenvalue weighted by molar-refractivity contribution is 6.09. The summed E-state index contributed by atoms with van der Waals surface area (Å²) in [7, 11) is 0. The zero-order valence-electron chi connectivity index (χ0n) is 16.1. The average Bonchev–Trinajstić information content (AvgIpc) is 3.29. The molecule has 0 radical (unpaired) electrons. The molecule has 2 aromatic rings. The Kier molecular flexibility index (Phi) is 5.72. The molecule has 2 amide bonds. The van der Waals surface area contributed by atoms with E-state index in [1.165, 1.54) is 25.7 Å². The van der Waals surface area contributed by atoms with Gasteiger partial charge in [-0.25, -0.2) is 0 Å². The van der Waals surface area contributed by atoms with E-state index in [-0.39, 0.29) is 11.8 Å². The second-order valence-corrected chi connectivity index (χ2v) is 7.63. The van der Waals surface area contributed by atoms with Gasteiger partial charge in [-0.1, -0.05) is 43.2 Å². The van der Waals surface area contributed by atoms with Crippen LogP contribution >= 0.6 is 0 Å². The molecule has 0 aromatic heterocycles. The molecular weight excluding hydrogens is 350 g/mol. The Morgan fingerprint density at radius 1 is 0.821 bits per heavy atom. The lowest BCUT2D eigenvalue weighted by Crippen LogP contribution is -2.51. The molecule has 2 aromatic carbocycles. The number of amides is 2. The zero-order chi connectivity index (χ0) is 19.3.